The van der Waals surface area contributed by atoms with Crippen LogP contribution in [-0.2, 0) is 14.6 Å². The SMILES string of the molecule is CN1CCN(c2ccc(N(C(=O)CCl)C3CCS(=O)(=O)C3)cc2)CC1. The molecule has 1 aromatic carbocycles. The molecular formula is C17H24ClN3O3S. The topological polar surface area (TPSA) is 60.9 Å². The number of piperazine rings is 1. The van der Waals surface area contributed by atoms with Crippen LogP contribution in [0.15, 0.2) is 24.3 Å². The fourth-order valence-corrected chi connectivity index (χ4v) is 5.32. The van der Waals surface area contributed by atoms with Gasteiger partial charge < -0.3 is 14.7 Å². The van der Waals surface area contributed by atoms with Gasteiger partial charge in [-0.15, -0.1) is 11.6 Å². The largest absolute Gasteiger partial charge is 0.369 e. The number of hydrogen-bond acceptors (Lipinski definition) is 5. The quantitative estimate of drug-likeness (QED) is 0.729. The third-order valence-corrected chi connectivity index (χ3v) is 6.93. The molecule has 1 amide bonds. The molecule has 0 N–H and O–H groups in total. The molecule has 0 aromatic heterocycles. The number of halogens is 1. The predicted octanol–water partition coefficient (Wildman–Crippen LogP) is 1.20. The van der Waals surface area contributed by atoms with Gasteiger partial charge in [-0.25, -0.2) is 8.42 Å². The van der Waals surface area contributed by atoms with Gasteiger partial charge in [0.1, 0.15) is 5.88 Å². The number of amides is 1. The summed E-state index contributed by atoms with van der Waals surface area (Å²) in [7, 11) is -0.954. The van der Waals surface area contributed by atoms with E-state index in [4.69, 9.17) is 11.6 Å². The molecule has 2 heterocycles. The maximum atomic E-state index is 12.3. The van der Waals surface area contributed by atoms with Crippen molar-refractivity contribution in [1.82, 2.24) is 4.90 Å². The summed E-state index contributed by atoms with van der Waals surface area (Å²) >= 11 is 5.76. The molecule has 2 saturated heterocycles. The molecule has 25 heavy (non-hydrogen) atoms. The van der Waals surface area contributed by atoms with Crippen LogP contribution in [0.4, 0.5) is 11.4 Å². The van der Waals surface area contributed by atoms with E-state index in [-0.39, 0.29) is 29.3 Å². The van der Waals surface area contributed by atoms with Gasteiger partial charge in [0.25, 0.3) is 0 Å². The Labute approximate surface area is 154 Å². The van der Waals surface area contributed by atoms with Crippen LogP contribution in [0.3, 0.4) is 0 Å². The van der Waals surface area contributed by atoms with E-state index in [2.05, 4.69) is 16.8 Å². The lowest BCUT2D eigenvalue weighted by atomic mass is 10.1. The average molecular weight is 386 g/mol. The molecule has 0 aliphatic carbocycles. The number of alkyl halides is 1. The lowest BCUT2D eigenvalue weighted by molar-refractivity contribution is -0.116. The van der Waals surface area contributed by atoms with Crippen LogP contribution in [0.2, 0.25) is 0 Å². The van der Waals surface area contributed by atoms with Crippen LogP contribution in [0.1, 0.15) is 6.42 Å². The van der Waals surface area contributed by atoms with E-state index in [0.29, 0.717) is 12.1 Å². The summed E-state index contributed by atoms with van der Waals surface area (Å²) in [6.07, 6.45) is 0.463. The van der Waals surface area contributed by atoms with Crippen molar-refractivity contribution >= 4 is 38.7 Å². The minimum atomic E-state index is -3.07. The summed E-state index contributed by atoms with van der Waals surface area (Å²) in [5.74, 6) is -0.272. The summed E-state index contributed by atoms with van der Waals surface area (Å²) in [5, 5.41) is 0. The van der Waals surface area contributed by atoms with Crippen molar-refractivity contribution in [1.29, 1.82) is 0 Å². The van der Waals surface area contributed by atoms with Gasteiger partial charge >= 0.3 is 0 Å². The smallest absolute Gasteiger partial charge is 0.242 e. The first-order chi connectivity index (χ1) is 11.9. The second-order valence-corrected chi connectivity index (χ2v) is 9.26. The van der Waals surface area contributed by atoms with Crippen LogP contribution >= 0.6 is 11.6 Å². The van der Waals surface area contributed by atoms with Gasteiger partial charge in [-0.05, 0) is 37.7 Å². The first-order valence-electron chi connectivity index (χ1n) is 8.51. The molecule has 2 fully saturated rings. The van der Waals surface area contributed by atoms with Crippen LogP contribution in [0, 0.1) is 0 Å². The average Bonchev–Trinajstić information content (AvgIpc) is 2.96. The van der Waals surface area contributed by atoms with Crippen LogP contribution in [0.5, 0.6) is 0 Å². The third-order valence-electron chi connectivity index (χ3n) is 4.95. The summed E-state index contributed by atoms with van der Waals surface area (Å²) in [6, 6.07) is 7.45. The first kappa shape index (κ1) is 18.5. The molecular weight excluding hydrogens is 362 g/mol. The highest BCUT2D eigenvalue weighted by Gasteiger charge is 2.35. The molecule has 8 heteroatoms. The predicted molar refractivity (Wildman–Crippen MR) is 101 cm³/mol. The number of nitrogens with zero attached hydrogens (tertiary/aromatic N) is 3. The molecule has 1 aromatic rings. The summed E-state index contributed by atoms with van der Waals surface area (Å²) < 4.78 is 23.6. The summed E-state index contributed by atoms with van der Waals surface area (Å²) in [6.45, 7) is 4.00. The zero-order valence-corrected chi connectivity index (χ0v) is 16.0. The van der Waals surface area contributed by atoms with E-state index in [1.165, 1.54) is 0 Å². The Hall–Kier alpha value is -1.31. The lowest BCUT2D eigenvalue weighted by Gasteiger charge is -2.34. The Balaban J connectivity index is 1.78. The maximum Gasteiger partial charge on any atom is 0.242 e. The van der Waals surface area contributed by atoms with Crippen molar-refractivity contribution in [3.8, 4) is 0 Å². The second kappa shape index (κ2) is 7.51. The molecule has 6 nitrogen and oxygen atoms in total. The van der Waals surface area contributed by atoms with Gasteiger partial charge in [0.05, 0.1) is 17.5 Å². The molecule has 0 spiro atoms. The fraction of sp³-hybridized carbons (Fsp3) is 0.588. The van der Waals surface area contributed by atoms with Gasteiger partial charge in [-0.1, -0.05) is 0 Å². The van der Waals surface area contributed by atoms with Gasteiger partial charge in [0, 0.05) is 37.6 Å². The van der Waals surface area contributed by atoms with E-state index in [0.717, 1.165) is 31.9 Å². The van der Waals surface area contributed by atoms with Gasteiger partial charge in [-0.3, -0.25) is 4.79 Å². The second-order valence-electron chi connectivity index (χ2n) is 6.76. The normalized spacial score (nSPS) is 23.6. The maximum absolute atomic E-state index is 12.3. The monoisotopic (exact) mass is 385 g/mol. The van der Waals surface area contributed by atoms with Crippen LogP contribution < -0.4 is 9.80 Å². The highest BCUT2D eigenvalue weighted by molar-refractivity contribution is 7.91. The molecule has 1 atom stereocenters. The zero-order valence-electron chi connectivity index (χ0n) is 14.4. The number of benzene rings is 1. The number of carbonyl (C=O) groups is 1. The lowest BCUT2D eigenvalue weighted by Crippen LogP contribution is -2.44. The fourth-order valence-electron chi connectivity index (χ4n) is 3.49. The Morgan fingerprint density at radius 2 is 1.84 bits per heavy atom. The van der Waals surface area contributed by atoms with Crippen molar-refractivity contribution < 1.29 is 13.2 Å². The van der Waals surface area contributed by atoms with E-state index < -0.39 is 9.84 Å². The summed E-state index contributed by atoms with van der Waals surface area (Å²) in [4.78, 5) is 18.5. The number of carbonyl (C=O) groups excluding carboxylic acids is 1. The van der Waals surface area contributed by atoms with E-state index in [1.54, 1.807) is 4.90 Å². The highest BCUT2D eigenvalue weighted by atomic mass is 35.5. The minimum Gasteiger partial charge on any atom is -0.369 e. The van der Waals surface area contributed by atoms with Crippen molar-refractivity contribution in [3.63, 3.8) is 0 Å². The van der Waals surface area contributed by atoms with Gasteiger partial charge in [0.15, 0.2) is 9.84 Å². The van der Waals surface area contributed by atoms with E-state index in [9.17, 15) is 13.2 Å². The Morgan fingerprint density at radius 3 is 2.36 bits per heavy atom. The number of hydrogen-bond donors (Lipinski definition) is 0. The van der Waals surface area contributed by atoms with Crippen molar-refractivity contribution in [2.24, 2.45) is 0 Å². The molecule has 0 radical (unpaired) electrons. The van der Waals surface area contributed by atoms with E-state index in [1.807, 2.05) is 24.3 Å². The van der Waals surface area contributed by atoms with Crippen molar-refractivity contribution in [2.45, 2.75) is 12.5 Å². The van der Waals surface area contributed by atoms with Crippen LogP contribution in [-0.4, -0.2) is 75.9 Å². The van der Waals surface area contributed by atoms with Crippen LogP contribution in [0.25, 0.3) is 0 Å². The highest BCUT2D eigenvalue weighted by Crippen LogP contribution is 2.27. The van der Waals surface area contributed by atoms with Gasteiger partial charge in [-0.2, -0.15) is 0 Å². The molecule has 3 rings (SSSR count). The minimum absolute atomic E-state index is 0.00976. The van der Waals surface area contributed by atoms with Gasteiger partial charge in [0.2, 0.25) is 5.91 Å². The number of sulfone groups is 1. The number of rotatable bonds is 4. The standard InChI is InChI=1S/C17H24ClN3O3S/c1-19-7-9-20(10-8-19)14-2-4-15(5-3-14)21(17(22)12-18)16-6-11-25(23,24)13-16/h2-5,16H,6-13H2,1H3. The Bertz CT molecular complexity index is 715. The molecule has 2 aliphatic heterocycles. The Morgan fingerprint density at radius 1 is 1.20 bits per heavy atom. The number of anilines is 2. The molecule has 138 valence electrons. The molecule has 0 saturated carbocycles. The van der Waals surface area contributed by atoms with E-state index >= 15 is 0 Å². The molecule has 1 unspecified atom stereocenters. The van der Waals surface area contributed by atoms with Crippen molar-refractivity contribution in [3.05, 3.63) is 24.3 Å². The van der Waals surface area contributed by atoms with Crippen molar-refractivity contribution in [2.75, 3.05) is 60.4 Å². The Kier molecular flexibility index (Phi) is 5.55. The molecule has 0 bridgehead atoms. The summed E-state index contributed by atoms with van der Waals surface area (Å²) in [5.41, 5.74) is 1.83. The third kappa shape index (κ3) is 4.27. The zero-order chi connectivity index (χ0) is 18.0. The number of likely N-dealkylation sites (N-methyl/N-ethyl adjacent to an activating group) is 1. The molecule has 2 aliphatic rings. The first-order valence-corrected chi connectivity index (χ1v) is 10.9.